The number of carbonyl (C=O) groups is 2. The molecule has 25 heavy (non-hydrogen) atoms. The van der Waals surface area contributed by atoms with Crippen molar-refractivity contribution in [3.63, 3.8) is 0 Å². The maximum absolute atomic E-state index is 13.2. The van der Waals surface area contributed by atoms with Gasteiger partial charge in [0.25, 0.3) is 0 Å². The molecule has 0 aromatic carbocycles. The number of rotatable bonds is 1. The highest BCUT2D eigenvalue weighted by molar-refractivity contribution is 6.04. The van der Waals surface area contributed by atoms with E-state index < -0.39 is 16.4 Å². The lowest BCUT2D eigenvalue weighted by Gasteiger charge is -2.63. The van der Waals surface area contributed by atoms with Crippen LogP contribution in [0.3, 0.4) is 0 Å². The molecule has 4 aliphatic rings. The lowest BCUT2D eigenvalue weighted by atomic mass is 9.40. The molecule has 4 nitrogen and oxygen atoms in total. The van der Waals surface area contributed by atoms with Crippen LogP contribution in [0.1, 0.15) is 65.2 Å². The molecule has 0 aliphatic heterocycles. The first kappa shape index (κ1) is 17.3. The third-order valence-corrected chi connectivity index (χ3v) is 8.71. The Morgan fingerprint density at radius 1 is 1.16 bits per heavy atom. The predicted molar refractivity (Wildman–Crippen MR) is 93.7 cm³/mol. The Kier molecular flexibility index (Phi) is 3.43. The average Bonchev–Trinajstić information content (AvgIpc) is 2.71. The minimum atomic E-state index is -0.989. The van der Waals surface area contributed by atoms with Crippen LogP contribution in [0.4, 0.5) is 0 Å². The molecule has 4 rings (SSSR count). The molecule has 1 spiro atoms. The number of aliphatic hydroxyl groups is 1. The number of Topliss-reactive ketones (excluding diaryl/α,β-unsaturated/α-hetero) is 1. The summed E-state index contributed by atoms with van der Waals surface area (Å²) >= 11 is 0. The number of ketones is 1. The van der Waals surface area contributed by atoms with E-state index in [2.05, 4.69) is 20.4 Å². The second-order valence-corrected chi connectivity index (χ2v) is 9.62. The molecule has 0 amide bonds. The maximum atomic E-state index is 13.2. The summed E-state index contributed by atoms with van der Waals surface area (Å²) in [6.07, 6.45) is 6.55. The fourth-order valence-electron chi connectivity index (χ4n) is 7.60. The van der Waals surface area contributed by atoms with Crippen molar-refractivity contribution >= 4 is 11.8 Å². The number of carbonyl (C=O) groups excluding carboxylic acids is 2. The Morgan fingerprint density at radius 3 is 2.52 bits per heavy atom. The highest BCUT2D eigenvalue weighted by atomic mass is 16.5. The van der Waals surface area contributed by atoms with Crippen molar-refractivity contribution in [2.24, 2.45) is 28.1 Å². The number of methoxy groups -OCH3 is 1. The van der Waals surface area contributed by atoms with Gasteiger partial charge >= 0.3 is 5.97 Å². The topological polar surface area (TPSA) is 63.6 Å². The lowest BCUT2D eigenvalue weighted by Crippen LogP contribution is -2.60. The van der Waals surface area contributed by atoms with Crippen molar-refractivity contribution in [1.82, 2.24) is 0 Å². The van der Waals surface area contributed by atoms with Crippen molar-refractivity contribution < 1.29 is 19.4 Å². The van der Waals surface area contributed by atoms with Crippen LogP contribution in [0.2, 0.25) is 0 Å². The standard InChI is InChI=1S/C21H30O4/c1-13-16(22)20-10-6-14-18(2,15(20)7-11-21(13,24)12-20)8-5-9-19(14,3)17(23)25-4/h14-15,24H,1,5-12H2,2-4H3/t14-,15-,18-,19+,20+,21-/m1/s1. The van der Waals surface area contributed by atoms with Gasteiger partial charge in [0.2, 0.25) is 0 Å². The minimum Gasteiger partial charge on any atom is -0.469 e. The van der Waals surface area contributed by atoms with E-state index in [1.54, 1.807) is 0 Å². The molecule has 0 saturated heterocycles. The van der Waals surface area contributed by atoms with Crippen LogP contribution in [-0.4, -0.2) is 29.6 Å². The quantitative estimate of drug-likeness (QED) is 0.584. The van der Waals surface area contributed by atoms with E-state index in [9.17, 15) is 14.7 Å². The number of hydrogen-bond acceptors (Lipinski definition) is 4. The van der Waals surface area contributed by atoms with E-state index in [1.807, 2.05) is 0 Å². The molecule has 2 bridgehead atoms. The molecule has 4 fully saturated rings. The SMILES string of the molecule is C=C1C(=O)[C@]23CC[C@@H]4[C@@](C)(CCC[C@]4(C)C(=O)OC)[C@H]2CC[C@@]1(O)C3. The third-order valence-electron chi connectivity index (χ3n) is 8.71. The molecule has 0 aromatic heterocycles. The minimum absolute atomic E-state index is 0.0545. The number of esters is 1. The van der Waals surface area contributed by atoms with Crippen LogP contribution in [0.25, 0.3) is 0 Å². The van der Waals surface area contributed by atoms with Crippen molar-refractivity contribution in [2.45, 2.75) is 70.8 Å². The zero-order valence-corrected chi connectivity index (χ0v) is 15.7. The van der Waals surface area contributed by atoms with Gasteiger partial charge in [0, 0.05) is 11.0 Å². The summed E-state index contributed by atoms with van der Waals surface area (Å²) in [4.78, 5) is 25.8. The molecule has 138 valence electrons. The fourth-order valence-corrected chi connectivity index (χ4v) is 7.60. The largest absolute Gasteiger partial charge is 0.469 e. The highest BCUT2D eigenvalue weighted by Gasteiger charge is 2.71. The van der Waals surface area contributed by atoms with E-state index in [1.165, 1.54) is 7.11 Å². The van der Waals surface area contributed by atoms with E-state index in [0.717, 1.165) is 38.5 Å². The molecule has 0 heterocycles. The molecule has 6 atom stereocenters. The van der Waals surface area contributed by atoms with Gasteiger partial charge in [-0.2, -0.15) is 0 Å². The van der Waals surface area contributed by atoms with Crippen LogP contribution in [0.5, 0.6) is 0 Å². The second-order valence-electron chi connectivity index (χ2n) is 9.62. The van der Waals surface area contributed by atoms with Crippen LogP contribution in [-0.2, 0) is 14.3 Å². The van der Waals surface area contributed by atoms with Gasteiger partial charge in [-0.15, -0.1) is 0 Å². The van der Waals surface area contributed by atoms with Crippen molar-refractivity contribution in [3.05, 3.63) is 12.2 Å². The van der Waals surface area contributed by atoms with E-state index in [4.69, 9.17) is 4.74 Å². The van der Waals surface area contributed by atoms with Crippen LogP contribution in [0, 0.1) is 28.1 Å². The van der Waals surface area contributed by atoms with E-state index in [-0.39, 0.29) is 29.0 Å². The third kappa shape index (κ3) is 1.87. The molecular formula is C21H30O4. The zero-order chi connectivity index (χ0) is 18.3. The van der Waals surface area contributed by atoms with Gasteiger partial charge in [-0.3, -0.25) is 9.59 Å². The lowest BCUT2D eigenvalue weighted by molar-refractivity contribution is -0.189. The van der Waals surface area contributed by atoms with Gasteiger partial charge in [-0.05, 0) is 69.1 Å². The smallest absolute Gasteiger partial charge is 0.311 e. The molecule has 4 saturated carbocycles. The predicted octanol–water partition coefficient (Wildman–Crippen LogP) is 3.42. The molecule has 0 radical (unpaired) electrons. The second kappa shape index (κ2) is 4.97. The first-order valence-corrected chi connectivity index (χ1v) is 9.69. The van der Waals surface area contributed by atoms with Crippen molar-refractivity contribution in [2.75, 3.05) is 7.11 Å². The molecule has 4 heteroatoms. The zero-order valence-electron chi connectivity index (χ0n) is 15.7. The summed E-state index contributed by atoms with van der Waals surface area (Å²) in [6, 6.07) is 0. The maximum Gasteiger partial charge on any atom is 0.311 e. The summed E-state index contributed by atoms with van der Waals surface area (Å²) in [7, 11) is 1.48. The Hall–Kier alpha value is -1.16. The Balaban J connectivity index is 1.78. The molecule has 0 aromatic rings. The molecule has 1 N–H and O–H groups in total. The molecular weight excluding hydrogens is 316 g/mol. The Morgan fingerprint density at radius 2 is 1.84 bits per heavy atom. The van der Waals surface area contributed by atoms with Gasteiger partial charge < -0.3 is 9.84 Å². The highest BCUT2D eigenvalue weighted by Crippen LogP contribution is 2.71. The monoisotopic (exact) mass is 346 g/mol. The molecule has 0 unspecified atom stereocenters. The summed E-state index contributed by atoms with van der Waals surface area (Å²) in [5.41, 5.74) is -1.53. The van der Waals surface area contributed by atoms with Gasteiger partial charge in [0.15, 0.2) is 5.78 Å². The first-order chi connectivity index (χ1) is 11.6. The van der Waals surface area contributed by atoms with Crippen molar-refractivity contribution in [3.8, 4) is 0 Å². The Bertz CT molecular complexity index is 669. The number of fused-ring (bicyclic) bond motifs is 3. The summed E-state index contributed by atoms with van der Waals surface area (Å²) in [5.74, 6) is 0.469. The van der Waals surface area contributed by atoms with E-state index in [0.29, 0.717) is 18.4 Å². The summed E-state index contributed by atoms with van der Waals surface area (Å²) in [5, 5.41) is 10.9. The number of ether oxygens (including phenoxy) is 1. The van der Waals surface area contributed by atoms with Gasteiger partial charge in [0.05, 0.1) is 18.1 Å². The van der Waals surface area contributed by atoms with Gasteiger partial charge in [-0.25, -0.2) is 0 Å². The van der Waals surface area contributed by atoms with Crippen molar-refractivity contribution in [1.29, 1.82) is 0 Å². The normalized spacial score (nSPS) is 51.7. The van der Waals surface area contributed by atoms with Crippen LogP contribution in [0.15, 0.2) is 12.2 Å². The fraction of sp³-hybridized carbons (Fsp3) is 0.810. The average molecular weight is 346 g/mol. The van der Waals surface area contributed by atoms with E-state index >= 15 is 0 Å². The van der Waals surface area contributed by atoms with Crippen LogP contribution < -0.4 is 0 Å². The summed E-state index contributed by atoms with van der Waals surface area (Å²) in [6.45, 7) is 8.32. The van der Waals surface area contributed by atoms with Gasteiger partial charge in [-0.1, -0.05) is 19.9 Å². The molecule has 4 aliphatic carbocycles. The Labute approximate surface area is 150 Å². The first-order valence-electron chi connectivity index (χ1n) is 9.69. The van der Waals surface area contributed by atoms with Crippen LogP contribution >= 0.6 is 0 Å². The summed E-state index contributed by atoms with van der Waals surface area (Å²) < 4.78 is 5.18. The van der Waals surface area contributed by atoms with Gasteiger partial charge in [0.1, 0.15) is 0 Å². The number of hydrogen-bond donors (Lipinski definition) is 1.